The first kappa shape index (κ1) is 26.2. The Kier molecular flexibility index (Phi) is 12.1. The molecule has 0 bridgehead atoms. The van der Waals surface area contributed by atoms with E-state index in [1.54, 1.807) is 46.1 Å². The monoisotopic (exact) mass is 408 g/mol. The smallest absolute Gasteiger partial charge is 0.410 e. The van der Waals surface area contributed by atoms with Crippen LogP contribution >= 0.6 is 0 Å². The normalized spacial score (nSPS) is 15.4. The van der Waals surface area contributed by atoms with E-state index in [-0.39, 0.29) is 44.3 Å². The van der Waals surface area contributed by atoms with E-state index in [4.69, 9.17) is 14.2 Å². The number of allylic oxidation sites excluding steroid dienone is 2. The minimum absolute atomic E-state index is 0.0331. The molecular formula is C21H32N2O6. The Morgan fingerprint density at radius 1 is 1.10 bits per heavy atom. The zero-order valence-electron chi connectivity index (χ0n) is 18.0. The minimum atomic E-state index is -0.642. The van der Waals surface area contributed by atoms with E-state index in [0.29, 0.717) is 12.4 Å². The minimum Gasteiger partial charge on any atom is -0.501 e. The summed E-state index contributed by atoms with van der Waals surface area (Å²) in [7, 11) is 3.08. The number of methoxy groups -OCH3 is 2. The number of hydrogen-bond donors (Lipinski definition) is 0. The van der Waals surface area contributed by atoms with Crippen LogP contribution in [0.1, 0.15) is 27.2 Å². The second kappa shape index (κ2) is 13.4. The predicted octanol–water partition coefficient (Wildman–Crippen LogP) is 2.01. The molecular weight excluding hydrogens is 376 g/mol. The topological polar surface area (TPSA) is 85.4 Å². The van der Waals surface area contributed by atoms with Crippen LogP contribution in [-0.2, 0) is 23.8 Å². The lowest BCUT2D eigenvalue weighted by molar-refractivity contribution is -0.134. The molecule has 1 aliphatic rings. The fourth-order valence-electron chi connectivity index (χ4n) is 2.36. The molecule has 0 aliphatic carbocycles. The Hall–Kier alpha value is -2.79. The summed E-state index contributed by atoms with van der Waals surface area (Å²) in [6.45, 7) is 6.16. The van der Waals surface area contributed by atoms with Gasteiger partial charge in [-0.25, -0.2) is 4.79 Å². The lowest BCUT2D eigenvalue weighted by Crippen LogP contribution is -2.40. The zero-order valence-corrected chi connectivity index (χ0v) is 18.0. The van der Waals surface area contributed by atoms with Crippen molar-refractivity contribution in [3.8, 4) is 12.8 Å². The van der Waals surface area contributed by atoms with Crippen molar-refractivity contribution in [1.29, 1.82) is 0 Å². The molecule has 0 spiro atoms. The van der Waals surface area contributed by atoms with E-state index in [1.807, 2.05) is 0 Å². The Morgan fingerprint density at radius 3 is 2.24 bits per heavy atom. The van der Waals surface area contributed by atoms with Crippen molar-refractivity contribution in [2.24, 2.45) is 0 Å². The zero-order chi connectivity index (χ0) is 22.4. The molecule has 1 fully saturated rings. The van der Waals surface area contributed by atoms with E-state index in [0.717, 1.165) is 0 Å². The van der Waals surface area contributed by atoms with Crippen molar-refractivity contribution < 1.29 is 28.6 Å². The molecule has 0 unspecified atom stereocenters. The van der Waals surface area contributed by atoms with Crippen molar-refractivity contribution in [2.45, 2.75) is 32.8 Å². The summed E-state index contributed by atoms with van der Waals surface area (Å²) in [5.74, 6) is 0.0327. The van der Waals surface area contributed by atoms with Gasteiger partial charge >= 0.3 is 6.09 Å². The molecule has 29 heavy (non-hydrogen) atoms. The van der Waals surface area contributed by atoms with Gasteiger partial charge in [-0.2, -0.15) is 0 Å². The summed E-state index contributed by atoms with van der Waals surface area (Å²) in [6, 6.07) is 0. The van der Waals surface area contributed by atoms with E-state index < -0.39 is 11.7 Å². The van der Waals surface area contributed by atoms with Gasteiger partial charge in [0.05, 0.1) is 33.2 Å². The lowest BCUT2D eigenvalue weighted by atomic mass is 10.2. The Morgan fingerprint density at radius 2 is 1.69 bits per heavy atom. The highest BCUT2D eigenvalue weighted by Crippen LogP contribution is 2.13. The molecule has 2 amide bonds. The standard InChI is InChI=1S/C19H30N2O6.C2H2/c1-19(2,3)27-18(24)21-10-9-20(13-15(22)14-21)17(23)12-16(26-5)8-6-7-11-25-4;1-2/h6-8H,9-14H2,1-5H3;1-2H/b7-6-,16-8+;. The average molecular weight is 408 g/mol. The van der Waals surface area contributed by atoms with Crippen LogP contribution in [0.2, 0.25) is 0 Å². The highest BCUT2D eigenvalue weighted by molar-refractivity contribution is 5.90. The Bertz CT molecular complexity index is 631. The van der Waals surface area contributed by atoms with Crippen LogP contribution in [0, 0.1) is 12.8 Å². The van der Waals surface area contributed by atoms with Gasteiger partial charge in [-0.3, -0.25) is 14.5 Å². The maximum Gasteiger partial charge on any atom is 0.410 e. The van der Waals surface area contributed by atoms with Crippen LogP contribution in [0.5, 0.6) is 0 Å². The number of terminal acetylenes is 1. The van der Waals surface area contributed by atoms with Crippen LogP contribution in [0.3, 0.4) is 0 Å². The van der Waals surface area contributed by atoms with Crippen LogP contribution in [0.25, 0.3) is 0 Å². The molecule has 0 aromatic rings. The molecule has 0 aromatic carbocycles. The third-order valence-corrected chi connectivity index (χ3v) is 3.65. The molecule has 0 atom stereocenters. The Labute approximate surface area is 173 Å². The van der Waals surface area contributed by atoms with E-state index >= 15 is 0 Å². The molecule has 8 nitrogen and oxygen atoms in total. The number of Topliss-reactive ketones (excluding diaryl/α,β-unsaturated/α-hetero) is 1. The number of nitrogens with zero attached hydrogens (tertiary/aromatic N) is 2. The van der Waals surface area contributed by atoms with Gasteiger partial charge < -0.3 is 19.1 Å². The molecule has 0 radical (unpaired) electrons. The van der Waals surface area contributed by atoms with E-state index in [1.165, 1.54) is 16.9 Å². The van der Waals surface area contributed by atoms with Gasteiger partial charge in [0.25, 0.3) is 0 Å². The molecule has 162 valence electrons. The van der Waals surface area contributed by atoms with Crippen molar-refractivity contribution in [3.05, 3.63) is 24.0 Å². The number of carbonyl (C=O) groups excluding carboxylic acids is 3. The number of amides is 2. The highest BCUT2D eigenvalue weighted by Gasteiger charge is 2.29. The van der Waals surface area contributed by atoms with Gasteiger partial charge in [-0.05, 0) is 26.8 Å². The van der Waals surface area contributed by atoms with Crippen molar-refractivity contribution in [1.82, 2.24) is 9.80 Å². The first-order valence-electron chi connectivity index (χ1n) is 9.15. The summed E-state index contributed by atoms with van der Waals surface area (Å²) in [4.78, 5) is 39.7. The molecule has 0 aromatic heterocycles. The fourth-order valence-corrected chi connectivity index (χ4v) is 2.36. The van der Waals surface area contributed by atoms with Gasteiger partial charge in [-0.15, -0.1) is 12.8 Å². The van der Waals surface area contributed by atoms with Gasteiger partial charge in [-0.1, -0.05) is 12.2 Å². The van der Waals surface area contributed by atoms with Crippen LogP contribution in [0.15, 0.2) is 24.0 Å². The summed E-state index contributed by atoms with van der Waals surface area (Å²) < 4.78 is 15.4. The number of hydrogen-bond acceptors (Lipinski definition) is 6. The summed E-state index contributed by atoms with van der Waals surface area (Å²) in [5, 5.41) is 0. The SMILES string of the molecule is C#C.COC/C=C\C=C(/CC(=O)N1CCN(C(=O)OC(C)(C)C)CC(=O)C1)OC. The summed E-state index contributed by atoms with van der Waals surface area (Å²) in [6.07, 6.45) is 12.7. The molecule has 1 aliphatic heterocycles. The average Bonchev–Trinajstić information content (AvgIpc) is 2.86. The molecule has 0 saturated carbocycles. The Balaban J connectivity index is 0.00000379. The number of ether oxygens (including phenoxy) is 3. The molecule has 1 heterocycles. The molecule has 1 rings (SSSR count). The number of carbonyl (C=O) groups is 3. The summed E-state index contributed by atoms with van der Waals surface area (Å²) in [5.41, 5.74) is -0.642. The lowest BCUT2D eigenvalue weighted by Gasteiger charge is -2.26. The maximum atomic E-state index is 12.5. The first-order chi connectivity index (χ1) is 13.7. The molecule has 8 heteroatoms. The van der Waals surface area contributed by atoms with Crippen molar-refractivity contribution >= 4 is 17.8 Å². The largest absolute Gasteiger partial charge is 0.501 e. The predicted molar refractivity (Wildman–Crippen MR) is 110 cm³/mol. The van der Waals surface area contributed by atoms with Gasteiger partial charge in [0, 0.05) is 20.2 Å². The van der Waals surface area contributed by atoms with Crippen LogP contribution in [-0.4, -0.2) is 80.2 Å². The highest BCUT2D eigenvalue weighted by atomic mass is 16.6. The van der Waals surface area contributed by atoms with Crippen molar-refractivity contribution in [3.63, 3.8) is 0 Å². The van der Waals surface area contributed by atoms with Gasteiger partial charge in [0.2, 0.25) is 5.91 Å². The first-order valence-corrected chi connectivity index (χ1v) is 9.15. The second-order valence-electron chi connectivity index (χ2n) is 7.15. The third kappa shape index (κ3) is 11.0. The van der Waals surface area contributed by atoms with Crippen LogP contribution in [0.4, 0.5) is 4.79 Å². The molecule has 1 saturated heterocycles. The van der Waals surface area contributed by atoms with Gasteiger partial charge in [0.1, 0.15) is 11.4 Å². The van der Waals surface area contributed by atoms with Gasteiger partial charge in [0.15, 0.2) is 5.78 Å². The quantitative estimate of drug-likeness (QED) is 0.380. The summed E-state index contributed by atoms with van der Waals surface area (Å²) >= 11 is 0. The van der Waals surface area contributed by atoms with E-state index in [9.17, 15) is 14.4 Å². The third-order valence-electron chi connectivity index (χ3n) is 3.65. The fraction of sp³-hybridized carbons (Fsp3) is 0.571. The maximum absolute atomic E-state index is 12.5. The molecule has 0 N–H and O–H groups in total. The number of rotatable bonds is 6. The van der Waals surface area contributed by atoms with E-state index in [2.05, 4.69) is 12.8 Å². The number of ketones is 1. The second-order valence-corrected chi connectivity index (χ2v) is 7.15. The van der Waals surface area contributed by atoms with Crippen molar-refractivity contribution in [2.75, 3.05) is 47.0 Å². The van der Waals surface area contributed by atoms with Crippen LogP contribution < -0.4 is 0 Å².